The Morgan fingerprint density at radius 2 is 2.00 bits per heavy atom. The fraction of sp³-hybridized carbons (Fsp3) is 0.375. The van der Waals surface area contributed by atoms with Gasteiger partial charge in [-0.3, -0.25) is 14.5 Å². The van der Waals surface area contributed by atoms with Crippen LogP contribution in [0.2, 0.25) is 0 Å². The number of amides is 4. The number of hydrogen-bond donors (Lipinski definition) is 0. The zero-order valence-electron chi connectivity index (χ0n) is 13.7. The maximum Gasteiger partial charge on any atom is 0.326 e. The van der Waals surface area contributed by atoms with Crippen LogP contribution in [0.1, 0.15) is 11.4 Å². The number of para-hydroxylation sites is 1. The van der Waals surface area contributed by atoms with Crippen molar-refractivity contribution in [3.8, 4) is 0 Å². The molecule has 1 aliphatic heterocycles. The van der Waals surface area contributed by atoms with Crippen molar-refractivity contribution in [3.05, 3.63) is 29.3 Å². The number of hydrogen-bond acceptors (Lipinski definition) is 5. The summed E-state index contributed by atoms with van der Waals surface area (Å²) < 4.78 is 1.08. The molecular formula is C16H18N4O3S. The van der Waals surface area contributed by atoms with Crippen molar-refractivity contribution in [2.24, 2.45) is 0 Å². The van der Waals surface area contributed by atoms with Crippen LogP contribution in [0.3, 0.4) is 0 Å². The minimum absolute atomic E-state index is 0.0210. The highest BCUT2D eigenvalue weighted by Crippen LogP contribution is 2.23. The molecule has 2 aromatic rings. The number of thiazole rings is 1. The van der Waals surface area contributed by atoms with E-state index in [-0.39, 0.29) is 24.3 Å². The highest BCUT2D eigenvalue weighted by molar-refractivity contribution is 7.18. The van der Waals surface area contributed by atoms with Gasteiger partial charge in [0.05, 0.1) is 23.2 Å². The normalized spacial score (nSPS) is 17.9. The smallest absolute Gasteiger partial charge is 0.326 e. The van der Waals surface area contributed by atoms with Crippen molar-refractivity contribution in [1.82, 2.24) is 19.7 Å². The molecule has 1 aromatic carbocycles. The van der Waals surface area contributed by atoms with E-state index < -0.39 is 6.04 Å². The summed E-state index contributed by atoms with van der Waals surface area (Å²) in [6.07, 6.45) is -0.0210. The number of nitrogens with zero attached hydrogens (tertiary/aromatic N) is 4. The fourth-order valence-electron chi connectivity index (χ4n) is 2.68. The highest BCUT2D eigenvalue weighted by atomic mass is 32.1. The van der Waals surface area contributed by atoms with Gasteiger partial charge in [0.15, 0.2) is 0 Å². The minimum Gasteiger partial charge on any atom is -0.339 e. The van der Waals surface area contributed by atoms with Gasteiger partial charge < -0.3 is 9.80 Å². The number of aromatic nitrogens is 1. The predicted molar refractivity (Wildman–Crippen MR) is 90.4 cm³/mol. The molecule has 0 N–H and O–H groups in total. The number of fused-ring (bicyclic) bond motifs is 1. The molecule has 1 atom stereocenters. The van der Waals surface area contributed by atoms with E-state index >= 15 is 0 Å². The Bertz CT molecular complexity index is 786. The lowest BCUT2D eigenvalue weighted by Crippen LogP contribution is -2.38. The van der Waals surface area contributed by atoms with Gasteiger partial charge in [-0.1, -0.05) is 12.1 Å². The van der Waals surface area contributed by atoms with Crippen LogP contribution in [-0.4, -0.2) is 64.7 Å². The average Bonchev–Trinajstić information content (AvgIpc) is 3.05. The van der Waals surface area contributed by atoms with Gasteiger partial charge in [-0.25, -0.2) is 9.78 Å². The first-order valence-corrected chi connectivity index (χ1v) is 8.33. The van der Waals surface area contributed by atoms with Crippen molar-refractivity contribution in [2.75, 3.05) is 21.1 Å². The molecule has 1 aromatic heterocycles. The van der Waals surface area contributed by atoms with Crippen molar-refractivity contribution in [3.63, 3.8) is 0 Å². The van der Waals surface area contributed by atoms with Gasteiger partial charge in [0, 0.05) is 21.1 Å². The molecule has 4 amide bonds. The topological polar surface area (TPSA) is 73.8 Å². The molecule has 0 unspecified atom stereocenters. The van der Waals surface area contributed by atoms with Crippen molar-refractivity contribution < 1.29 is 14.4 Å². The predicted octanol–water partition coefficient (Wildman–Crippen LogP) is 1.54. The number of rotatable bonds is 4. The monoisotopic (exact) mass is 346 g/mol. The second-order valence-corrected chi connectivity index (χ2v) is 6.95. The summed E-state index contributed by atoms with van der Waals surface area (Å²) in [7, 11) is 4.64. The van der Waals surface area contributed by atoms with E-state index in [2.05, 4.69) is 4.98 Å². The van der Waals surface area contributed by atoms with E-state index in [1.165, 1.54) is 19.0 Å². The summed E-state index contributed by atoms with van der Waals surface area (Å²) in [4.78, 5) is 44.6. The Kier molecular flexibility index (Phi) is 4.23. The van der Waals surface area contributed by atoms with Crippen molar-refractivity contribution in [2.45, 2.75) is 19.0 Å². The maximum atomic E-state index is 12.4. The SMILES string of the molecule is CN(Cc1nc2ccccc2s1)C(=O)C[C@H]1C(=O)N(C)C(=O)N1C. The van der Waals surface area contributed by atoms with Crippen LogP contribution in [0, 0.1) is 0 Å². The summed E-state index contributed by atoms with van der Waals surface area (Å²) in [6.45, 7) is 0.382. The number of urea groups is 1. The second kappa shape index (κ2) is 6.20. The van der Waals surface area contributed by atoms with Gasteiger partial charge in [0.25, 0.3) is 5.91 Å². The standard InChI is InChI=1S/C16H18N4O3S/c1-18(9-13-17-10-6-4-5-7-12(10)24-13)14(21)8-11-15(22)20(3)16(23)19(11)2/h4-7,11H,8-9H2,1-3H3/t11-/m0/s1. The van der Waals surface area contributed by atoms with Gasteiger partial charge >= 0.3 is 6.03 Å². The average molecular weight is 346 g/mol. The summed E-state index contributed by atoms with van der Waals surface area (Å²) in [5.74, 6) is -0.535. The van der Waals surface area contributed by atoms with Crippen LogP contribution in [-0.2, 0) is 16.1 Å². The van der Waals surface area contributed by atoms with Gasteiger partial charge in [-0.05, 0) is 12.1 Å². The first-order valence-electron chi connectivity index (χ1n) is 7.51. The van der Waals surface area contributed by atoms with Crippen LogP contribution in [0.4, 0.5) is 4.79 Å². The maximum absolute atomic E-state index is 12.4. The van der Waals surface area contributed by atoms with Crippen molar-refractivity contribution >= 4 is 39.4 Å². The summed E-state index contributed by atoms with van der Waals surface area (Å²) in [6, 6.07) is 6.69. The van der Waals surface area contributed by atoms with Crippen LogP contribution in [0.25, 0.3) is 10.2 Å². The Morgan fingerprint density at radius 3 is 2.62 bits per heavy atom. The second-order valence-electron chi connectivity index (χ2n) is 5.84. The molecule has 1 saturated heterocycles. The molecule has 2 heterocycles. The lowest BCUT2D eigenvalue weighted by atomic mass is 10.1. The number of imide groups is 1. The molecule has 0 aliphatic carbocycles. The molecule has 8 heteroatoms. The summed E-state index contributed by atoms with van der Waals surface area (Å²) >= 11 is 1.54. The highest BCUT2D eigenvalue weighted by Gasteiger charge is 2.42. The van der Waals surface area contributed by atoms with Gasteiger partial charge in [0.1, 0.15) is 11.0 Å². The Morgan fingerprint density at radius 1 is 1.29 bits per heavy atom. The van der Waals surface area contributed by atoms with Crippen LogP contribution in [0.5, 0.6) is 0 Å². The third-order valence-corrected chi connectivity index (χ3v) is 5.20. The molecule has 0 spiro atoms. The van der Waals surface area contributed by atoms with Gasteiger partial charge in [-0.15, -0.1) is 11.3 Å². The van der Waals surface area contributed by atoms with E-state index in [1.807, 2.05) is 24.3 Å². The van der Waals surface area contributed by atoms with E-state index in [0.29, 0.717) is 6.54 Å². The van der Waals surface area contributed by atoms with E-state index in [1.54, 1.807) is 23.3 Å². The Hall–Kier alpha value is -2.48. The van der Waals surface area contributed by atoms with Crippen molar-refractivity contribution in [1.29, 1.82) is 0 Å². The zero-order chi connectivity index (χ0) is 17.4. The molecule has 1 fully saturated rings. The largest absolute Gasteiger partial charge is 0.339 e. The number of carbonyl (C=O) groups excluding carboxylic acids is 3. The van der Waals surface area contributed by atoms with Crippen LogP contribution < -0.4 is 0 Å². The fourth-order valence-corrected chi connectivity index (χ4v) is 3.70. The van der Waals surface area contributed by atoms with Gasteiger partial charge in [0.2, 0.25) is 5.91 Å². The Labute approximate surface area is 143 Å². The summed E-state index contributed by atoms with van der Waals surface area (Å²) in [5, 5.41) is 0.839. The van der Waals surface area contributed by atoms with E-state index in [0.717, 1.165) is 20.1 Å². The Balaban J connectivity index is 1.66. The first kappa shape index (κ1) is 16.4. The molecule has 0 saturated carbocycles. The quantitative estimate of drug-likeness (QED) is 0.787. The first-order chi connectivity index (χ1) is 11.4. The van der Waals surface area contributed by atoms with E-state index in [4.69, 9.17) is 0 Å². The molecule has 3 rings (SSSR count). The molecule has 0 radical (unpaired) electrons. The number of carbonyl (C=O) groups is 3. The summed E-state index contributed by atoms with van der Waals surface area (Å²) in [5.41, 5.74) is 0.913. The van der Waals surface area contributed by atoms with Crippen LogP contribution in [0.15, 0.2) is 24.3 Å². The molecule has 1 aliphatic rings. The minimum atomic E-state index is -0.729. The molecule has 126 valence electrons. The molecule has 7 nitrogen and oxygen atoms in total. The number of likely N-dealkylation sites (N-methyl/N-ethyl adjacent to an activating group) is 2. The third-order valence-electron chi connectivity index (χ3n) is 4.18. The third kappa shape index (κ3) is 2.84. The van der Waals surface area contributed by atoms with Crippen LogP contribution >= 0.6 is 11.3 Å². The molecule has 0 bridgehead atoms. The number of benzene rings is 1. The zero-order valence-corrected chi connectivity index (χ0v) is 14.5. The molecule has 24 heavy (non-hydrogen) atoms. The lowest BCUT2D eigenvalue weighted by Gasteiger charge is -2.20. The van der Waals surface area contributed by atoms with Gasteiger partial charge in [-0.2, -0.15) is 0 Å². The van der Waals surface area contributed by atoms with E-state index in [9.17, 15) is 14.4 Å². The lowest BCUT2D eigenvalue weighted by molar-refractivity contribution is -0.135. The molecular weight excluding hydrogens is 328 g/mol.